The molecule has 3 heterocycles. The highest BCUT2D eigenvalue weighted by atomic mass is 16.5. The minimum absolute atomic E-state index is 0.00924. The van der Waals surface area contributed by atoms with Crippen molar-refractivity contribution in [3.8, 4) is 5.75 Å². The first-order valence-electron chi connectivity index (χ1n) is 10.0. The number of aryl methyl sites for hydroxylation is 1. The van der Waals surface area contributed by atoms with Gasteiger partial charge in [0.05, 0.1) is 25.9 Å². The smallest absolute Gasteiger partial charge is 0.257 e. The molecule has 8 nitrogen and oxygen atoms in total. The Balaban J connectivity index is 1.44. The second-order valence-electron chi connectivity index (χ2n) is 7.25. The van der Waals surface area contributed by atoms with Gasteiger partial charge in [-0.25, -0.2) is 4.98 Å². The van der Waals surface area contributed by atoms with Crippen LogP contribution in [0.1, 0.15) is 16.1 Å². The van der Waals surface area contributed by atoms with Crippen LogP contribution in [0.2, 0.25) is 0 Å². The maximum atomic E-state index is 12.9. The molecule has 2 fully saturated rings. The monoisotopic (exact) mass is 397 g/mol. The molecule has 154 valence electrons. The minimum Gasteiger partial charge on any atom is -0.496 e. The number of ether oxygens (including phenoxy) is 2. The molecule has 0 saturated carbocycles. The lowest BCUT2D eigenvalue weighted by atomic mass is 10.1. The highest BCUT2D eigenvalue weighted by Crippen LogP contribution is 2.23. The first-order chi connectivity index (χ1) is 14.2. The van der Waals surface area contributed by atoms with E-state index in [0.717, 1.165) is 43.6 Å². The molecular weight excluding hydrogens is 370 g/mol. The summed E-state index contributed by atoms with van der Waals surface area (Å²) < 4.78 is 10.8. The first-order valence-corrected chi connectivity index (χ1v) is 10.0. The molecule has 29 heavy (non-hydrogen) atoms. The molecule has 0 spiro atoms. The standard InChI is InChI=1S/C21H27N5O3/c1-16-15-19(23-21(22-16)26-11-13-29-14-12-26)24-7-9-25(10-8-24)20(27)17-5-3-4-6-18(17)28-2/h3-6,15H,7-14H2,1-2H3. The summed E-state index contributed by atoms with van der Waals surface area (Å²) in [6, 6.07) is 9.39. The summed E-state index contributed by atoms with van der Waals surface area (Å²) >= 11 is 0. The number of rotatable bonds is 4. The number of amides is 1. The van der Waals surface area contributed by atoms with Crippen molar-refractivity contribution in [3.63, 3.8) is 0 Å². The molecule has 0 atom stereocenters. The van der Waals surface area contributed by atoms with E-state index in [9.17, 15) is 4.79 Å². The van der Waals surface area contributed by atoms with E-state index in [-0.39, 0.29) is 5.91 Å². The maximum Gasteiger partial charge on any atom is 0.257 e. The molecule has 2 saturated heterocycles. The number of morpholine rings is 1. The van der Waals surface area contributed by atoms with E-state index in [0.29, 0.717) is 37.6 Å². The molecule has 1 aromatic carbocycles. The highest BCUT2D eigenvalue weighted by Gasteiger charge is 2.25. The van der Waals surface area contributed by atoms with Crippen LogP contribution in [0, 0.1) is 6.92 Å². The number of anilines is 2. The molecule has 4 rings (SSSR count). The van der Waals surface area contributed by atoms with Crippen LogP contribution in [-0.4, -0.2) is 80.4 Å². The molecule has 0 bridgehead atoms. The van der Waals surface area contributed by atoms with Crippen LogP contribution in [0.5, 0.6) is 5.75 Å². The second-order valence-corrected chi connectivity index (χ2v) is 7.25. The molecular formula is C21H27N5O3. The lowest BCUT2D eigenvalue weighted by molar-refractivity contribution is 0.0743. The summed E-state index contributed by atoms with van der Waals surface area (Å²) in [4.78, 5) is 28.6. The SMILES string of the molecule is COc1ccccc1C(=O)N1CCN(c2cc(C)nc(N3CCOCC3)n2)CC1. The van der Waals surface area contributed by atoms with Gasteiger partial charge in [0.25, 0.3) is 5.91 Å². The van der Waals surface area contributed by atoms with Crippen molar-refractivity contribution in [1.82, 2.24) is 14.9 Å². The van der Waals surface area contributed by atoms with E-state index in [1.807, 2.05) is 42.2 Å². The third kappa shape index (κ3) is 4.27. The molecule has 0 N–H and O–H groups in total. The van der Waals surface area contributed by atoms with Crippen LogP contribution in [0.15, 0.2) is 30.3 Å². The summed E-state index contributed by atoms with van der Waals surface area (Å²) in [5, 5.41) is 0. The molecule has 0 aliphatic carbocycles. The third-order valence-corrected chi connectivity index (χ3v) is 5.35. The zero-order chi connectivity index (χ0) is 20.2. The molecule has 0 unspecified atom stereocenters. The maximum absolute atomic E-state index is 12.9. The van der Waals surface area contributed by atoms with E-state index in [1.165, 1.54) is 0 Å². The summed E-state index contributed by atoms with van der Waals surface area (Å²) in [5.74, 6) is 2.30. The van der Waals surface area contributed by atoms with E-state index in [2.05, 4.69) is 14.8 Å². The Morgan fingerprint density at radius 2 is 1.72 bits per heavy atom. The predicted octanol–water partition coefficient (Wildman–Crippen LogP) is 1.59. The fourth-order valence-electron chi connectivity index (χ4n) is 3.73. The van der Waals surface area contributed by atoms with Gasteiger partial charge in [-0.2, -0.15) is 4.98 Å². The molecule has 2 aromatic rings. The van der Waals surface area contributed by atoms with Crippen molar-refractivity contribution in [3.05, 3.63) is 41.6 Å². The number of para-hydroxylation sites is 1. The Hall–Kier alpha value is -2.87. The van der Waals surface area contributed by atoms with E-state index >= 15 is 0 Å². The van der Waals surface area contributed by atoms with E-state index in [1.54, 1.807) is 7.11 Å². The number of benzene rings is 1. The van der Waals surface area contributed by atoms with Gasteiger partial charge in [-0.05, 0) is 19.1 Å². The largest absolute Gasteiger partial charge is 0.496 e. The summed E-state index contributed by atoms with van der Waals surface area (Å²) in [6.45, 7) is 7.79. The number of aromatic nitrogens is 2. The van der Waals surface area contributed by atoms with Gasteiger partial charge >= 0.3 is 0 Å². The number of methoxy groups -OCH3 is 1. The Morgan fingerprint density at radius 1 is 1.00 bits per heavy atom. The first kappa shape index (κ1) is 19.4. The van der Waals surface area contributed by atoms with Crippen molar-refractivity contribution in [2.75, 3.05) is 69.4 Å². The molecule has 1 amide bonds. The average molecular weight is 397 g/mol. The van der Waals surface area contributed by atoms with Crippen LogP contribution in [0.25, 0.3) is 0 Å². The van der Waals surface area contributed by atoms with Crippen molar-refractivity contribution in [1.29, 1.82) is 0 Å². The van der Waals surface area contributed by atoms with Crippen molar-refractivity contribution < 1.29 is 14.3 Å². The van der Waals surface area contributed by atoms with Gasteiger partial charge in [-0.1, -0.05) is 12.1 Å². The number of hydrogen-bond donors (Lipinski definition) is 0. The highest BCUT2D eigenvalue weighted by molar-refractivity contribution is 5.97. The van der Waals surface area contributed by atoms with Crippen molar-refractivity contribution in [2.45, 2.75) is 6.92 Å². The van der Waals surface area contributed by atoms with Crippen LogP contribution in [0.4, 0.5) is 11.8 Å². The fourth-order valence-corrected chi connectivity index (χ4v) is 3.73. The number of hydrogen-bond acceptors (Lipinski definition) is 7. The van der Waals surface area contributed by atoms with Gasteiger partial charge in [-0.3, -0.25) is 4.79 Å². The molecule has 8 heteroatoms. The van der Waals surface area contributed by atoms with Gasteiger partial charge in [-0.15, -0.1) is 0 Å². The average Bonchev–Trinajstić information content (AvgIpc) is 2.79. The third-order valence-electron chi connectivity index (χ3n) is 5.35. The van der Waals surface area contributed by atoms with Crippen LogP contribution in [-0.2, 0) is 4.74 Å². The Labute approximate surface area is 171 Å². The van der Waals surface area contributed by atoms with Crippen LogP contribution < -0.4 is 14.5 Å². The number of carbonyl (C=O) groups excluding carboxylic acids is 1. The molecule has 0 radical (unpaired) electrons. The summed E-state index contributed by atoms with van der Waals surface area (Å²) in [6.07, 6.45) is 0. The molecule has 2 aliphatic rings. The number of piperazine rings is 1. The van der Waals surface area contributed by atoms with Gasteiger partial charge in [0.2, 0.25) is 5.95 Å². The van der Waals surface area contributed by atoms with Gasteiger partial charge in [0.15, 0.2) is 0 Å². The normalized spacial score (nSPS) is 17.4. The second kappa shape index (κ2) is 8.65. The van der Waals surface area contributed by atoms with E-state index < -0.39 is 0 Å². The van der Waals surface area contributed by atoms with Crippen LogP contribution >= 0.6 is 0 Å². The van der Waals surface area contributed by atoms with Crippen molar-refractivity contribution >= 4 is 17.7 Å². The number of nitrogens with zero attached hydrogens (tertiary/aromatic N) is 5. The van der Waals surface area contributed by atoms with E-state index in [4.69, 9.17) is 14.5 Å². The zero-order valence-corrected chi connectivity index (χ0v) is 17.0. The zero-order valence-electron chi connectivity index (χ0n) is 17.0. The topological polar surface area (TPSA) is 71.0 Å². The molecule has 1 aromatic heterocycles. The summed E-state index contributed by atoms with van der Waals surface area (Å²) in [5.41, 5.74) is 1.56. The van der Waals surface area contributed by atoms with Gasteiger partial charge in [0.1, 0.15) is 11.6 Å². The van der Waals surface area contributed by atoms with Gasteiger partial charge < -0.3 is 24.2 Å². The Morgan fingerprint density at radius 3 is 2.45 bits per heavy atom. The Kier molecular flexibility index (Phi) is 5.80. The fraction of sp³-hybridized carbons (Fsp3) is 0.476. The molecule has 2 aliphatic heterocycles. The van der Waals surface area contributed by atoms with Crippen molar-refractivity contribution in [2.24, 2.45) is 0 Å². The van der Waals surface area contributed by atoms with Crippen LogP contribution in [0.3, 0.4) is 0 Å². The minimum atomic E-state index is 0.00924. The van der Waals surface area contributed by atoms with Gasteiger partial charge in [0, 0.05) is 51.0 Å². The summed E-state index contributed by atoms with van der Waals surface area (Å²) in [7, 11) is 1.59. The lowest BCUT2D eigenvalue weighted by Crippen LogP contribution is -2.49. The Bertz CT molecular complexity index is 861. The quantitative estimate of drug-likeness (QED) is 0.776. The number of carbonyl (C=O) groups is 1. The predicted molar refractivity (Wildman–Crippen MR) is 111 cm³/mol. The lowest BCUT2D eigenvalue weighted by Gasteiger charge is -2.36.